The van der Waals surface area contributed by atoms with E-state index in [-0.39, 0.29) is 0 Å². The van der Waals surface area contributed by atoms with Gasteiger partial charge in [0.25, 0.3) is 0 Å². The van der Waals surface area contributed by atoms with E-state index in [1.165, 1.54) is 0 Å². The van der Waals surface area contributed by atoms with Crippen LogP contribution < -0.4 is 5.73 Å². The number of anilines is 1. The minimum atomic E-state index is 0.476. The van der Waals surface area contributed by atoms with Crippen LogP contribution in [-0.2, 0) is 11.3 Å². The van der Waals surface area contributed by atoms with Crippen molar-refractivity contribution in [3.05, 3.63) is 17.6 Å². The monoisotopic (exact) mass is 206 g/mol. The van der Waals surface area contributed by atoms with E-state index in [0.717, 1.165) is 22.4 Å². The number of aromatic nitrogens is 3. The van der Waals surface area contributed by atoms with E-state index in [1.54, 1.807) is 6.20 Å². The van der Waals surface area contributed by atoms with Gasteiger partial charge in [-0.05, 0) is 19.4 Å². The number of fused-ring (bicyclic) bond motifs is 1. The smallest absolute Gasteiger partial charge is 0.149 e. The average Bonchev–Trinajstić information content (AvgIpc) is 2.66. The topological polar surface area (TPSA) is 76.8 Å². The number of rotatable bonds is 3. The van der Waals surface area contributed by atoms with Crippen LogP contribution in [0.5, 0.6) is 0 Å². The SMILES string of the molecule is CCOCc1nc2c(C)cnc(N)c2[nH]1. The molecule has 0 radical (unpaired) electrons. The molecule has 5 nitrogen and oxygen atoms in total. The van der Waals surface area contributed by atoms with Crippen molar-refractivity contribution in [2.24, 2.45) is 0 Å². The molecule has 0 atom stereocenters. The molecule has 0 aliphatic heterocycles. The van der Waals surface area contributed by atoms with E-state index < -0.39 is 0 Å². The molecule has 2 aromatic rings. The lowest BCUT2D eigenvalue weighted by Gasteiger charge is -1.95. The highest BCUT2D eigenvalue weighted by Gasteiger charge is 2.08. The van der Waals surface area contributed by atoms with Crippen molar-refractivity contribution in [3.63, 3.8) is 0 Å². The Morgan fingerprint density at radius 3 is 3.00 bits per heavy atom. The minimum Gasteiger partial charge on any atom is -0.382 e. The molecule has 15 heavy (non-hydrogen) atoms. The van der Waals surface area contributed by atoms with Gasteiger partial charge in [0.1, 0.15) is 23.8 Å². The summed E-state index contributed by atoms with van der Waals surface area (Å²) in [5.74, 6) is 1.26. The van der Waals surface area contributed by atoms with Gasteiger partial charge in [0, 0.05) is 12.8 Å². The molecule has 0 aliphatic carbocycles. The van der Waals surface area contributed by atoms with Gasteiger partial charge in [0.05, 0.1) is 5.52 Å². The van der Waals surface area contributed by atoms with E-state index in [9.17, 15) is 0 Å². The summed E-state index contributed by atoms with van der Waals surface area (Å²) in [4.78, 5) is 11.6. The summed E-state index contributed by atoms with van der Waals surface area (Å²) in [7, 11) is 0. The fourth-order valence-corrected chi connectivity index (χ4v) is 1.45. The zero-order valence-corrected chi connectivity index (χ0v) is 8.87. The highest BCUT2D eigenvalue weighted by molar-refractivity contribution is 5.86. The summed E-state index contributed by atoms with van der Waals surface area (Å²) < 4.78 is 5.27. The fraction of sp³-hybridized carbons (Fsp3) is 0.400. The lowest BCUT2D eigenvalue weighted by Crippen LogP contribution is -1.93. The Labute approximate surface area is 87.7 Å². The van der Waals surface area contributed by atoms with Crippen LogP contribution in [0.3, 0.4) is 0 Å². The number of aromatic amines is 1. The number of pyridine rings is 1. The molecule has 0 unspecified atom stereocenters. The Morgan fingerprint density at radius 1 is 1.53 bits per heavy atom. The second-order valence-electron chi connectivity index (χ2n) is 3.37. The summed E-state index contributed by atoms with van der Waals surface area (Å²) in [6.45, 7) is 5.05. The standard InChI is InChI=1S/C10H14N4O/c1-3-15-5-7-13-8-6(2)4-12-10(11)9(8)14-7/h4H,3,5H2,1-2H3,(H2,11,12)(H,13,14). The summed E-state index contributed by atoms with van der Waals surface area (Å²) >= 11 is 0. The number of nitrogens with two attached hydrogens (primary N) is 1. The largest absolute Gasteiger partial charge is 0.382 e. The third kappa shape index (κ3) is 1.78. The minimum absolute atomic E-state index is 0.476. The number of hydrogen-bond donors (Lipinski definition) is 2. The Bertz CT molecular complexity index is 438. The third-order valence-corrected chi connectivity index (χ3v) is 2.22. The molecule has 2 rings (SSSR count). The Balaban J connectivity index is 2.45. The number of hydrogen-bond acceptors (Lipinski definition) is 4. The zero-order valence-electron chi connectivity index (χ0n) is 8.87. The van der Waals surface area contributed by atoms with Crippen LogP contribution in [0.4, 0.5) is 5.82 Å². The number of ether oxygens (including phenoxy) is 1. The number of nitrogen functional groups attached to an aromatic ring is 1. The van der Waals surface area contributed by atoms with Gasteiger partial charge in [0.15, 0.2) is 0 Å². The van der Waals surface area contributed by atoms with Crippen molar-refractivity contribution in [1.82, 2.24) is 15.0 Å². The van der Waals surface area contributed by atoms with Crippen LogP contribution in [-0.4, -0.2) is 21.6 Å². The summed E-state index contributed by atoms with van der Waals surface area (Å²) in [6, 6.07) is 0. The van der Waals surface area contributed by atoms with E-state index >= 15 is 0 Å². The van der Waals surface area contributed by atoms with Gasteiger partial charge in [0.2, 0.25) is 0 Å². The third-order valence-electron chi connectivity index (χ3n) is 2.22. The van der Waals surface area contributed by atoms with E-state index in [2.05, 4.69) is 15.0 Å². The first-order valence-electron chi connectivity index (χ1n) is 4.89. The molecule has 0 saturated heterocycles. The number of nitrogens with one attached hydrogen (secondary N) is 1. The Kier molecular flexibility index (Phi) is 2.55. The van der Waals surface area contributed by atoms with E-state index in [0.29, 0.717) is 19.0 Å². The molecule has 0 saturated carbocycles. The molecule has 0 aliphatic rings. The van der Waals surface area contributed by atoms with Crippen LogP contribution >= 0.6 is 0 Å². The average molecular weight is 206 g/mol. The summed E-state index contributed by atoms with van der Waals surface area (Å²) in [5.41, 5.74) is 8.42. The van der Waals surface area contributed by atoms with Crippen molar-refractivity contribution in [3.8, 4) is 0 Å². The quantitative estimate of drug-likeness (QED) is 0.795. The number of aryl methyl sites for hydroxylation is 1. The molecule has 0 spiro atoms. The van der Waals surface area contributed by atoms with Crippen LogP contribution in [0.2, 0.25) is 0 Å². The van der Waals surface area contributed by atoms with Gasteiger partial charge in [-0.15, -0.1) is 0 Å². The number of H-pyrrole nitrogens is 1. The van der Waals surface area contributed by atoms with Gasteiger partial charge in [-0.2, -0.15) is 0 Å². The van der Waals surface area contributed by atoms with E-state index in [1.807, 2.05) is 13.8 Å². The van der Waals surface area contributed by atoms with Gasteiger partial charge in [-0.1, -0.05) is 0 Å². The molecule has 0 bridgehead atoms. The maximum atomic E-state index is 5.74. The van der Waals surface area contributed by atoms with Gasteiger partial charge >= 0.3 is 0 Å². The first-order valence-corrected chi connectivity index (χ1v) is 4.89. The second-order valence-corrected chi connectivity index (χ2v) is 3.37. The zero-order chi connectivity index (χ0) is 10.8. The van der Waals surface area contributed by atoms with Crippen LogP contribution in [0, 0.1) is 6.92 Å². The first kappa shape index (κ1) is 9.92. The van der Waals surface area contributed by atoms with Gasteiger partial charge in [-0.3, -0.25) is 0 Å². The summed E-state index contributed by atoms with van der Waals surface area (Å²) in [5, 5.41) is 0. The van der Waals surface area contributed by atoms with Gasteiger partial charge in [-0.25, -0.2) is 9.97 Å². The predicted octanol–water partition coefficient (Wildman–Crippen LogP) is 1.39. The molecular formula is C10H14N4O. The Hall–Kier alpha value is -1.62. The predicted molar refractivity (Wildman–Crippen MR) is 58.4 cm³/mol. The van der Waals surface area contributed by atoms with Gasteiger partial charge < -0.3 is 15.5 Å². The molecule has 0 amide bonds. The second kappa shape index (κ2) is 3.86. The molecule has 0 fully saturated rings. The molecule has 2 aromatic heterocycles. The summed E-state index contributed by atoms with van der Waals surface area (Å²) in [6.07, 6.45) is 1.73. The van der Waals surface area contributed by atoms with Crippen molar-refractivity contribution in [2.75, 3.05) is 12.3 Å². The highest BCUT2D eigenvalue weighted by atomic mass is 16.5. The molecule has 5 heteroatoms. The van der Waals surface area contributed by atoms with Crippen LogP contribution in [0.25, 0.3) is 11.0 Å². The normalized spacial score (nSPS) is 11.1. The molecule has 3 N–H and O–H groups in total. The maximum absolute atomic E-state index is 5.74. The number of imidazole rings is 1. The van der Waals surface area contributed by atoms with Crippen molar-refractivity contribution >= 4 is 16.9 Å². The van der Waals surface area contributed by atoms with E-state index in [4.69, 9.17) is 10.5 Å². The fourth-order valence-electron chi connectivity index (χ4n) is 1.45. The van der Waals surface area contributed by atoms with Crippen molar-refractivity contribution in [2.45, 2.75) is 20.5 Å². The van der Waals surface area contributed by atoms with Crippen LogP contribution in [0.1, 0.15) is 18.3 Å². The van der Waals surface area contributed by atoms with Crippen molar-refractivity contribution in [1.29, 1.82) is 0 Å². The lowest BCUT2D eigenvalue weighted by atomic mass is 10.2. The maximum Gasteiger partial charge on any atom is 0.149 e. The molecule has 0 aromatic carbocycles. The highest BCUT2D eigenvalue weighted by Crippen LogP contribution is 2.19. The molecule has 2 heterocycles. The Morgan fingerprint density at radius 2 is 2.33 bits per heavy atom. The molecular weight excluding hydrogens is 192 g/mol. The number of nitrogens with zero attached hydrogens (tertiary/aromatic N) is 2. The first-order chi connectivity index (χ1) is 7.22. The van der Waals surface area contributed by atoms with Crippen LogP contribution in [0.15, 0.2) is 6.20 Å². The van der Waals surface area contributed by atoms with Crippen molar-refractivity contribution < 1.29 is 4.74 Å². The molecule has 80 valence electrons. The lowest BCUT2D eigenvalue weighted by molar-refractivity contribution is 0.129.